The van der Waals surface area contributed by atoms with Gasteiger partial charge in [0, 0.05) is 31.6 Å². The van der Waals surface area contributed by atoms with Gasteiger partial charge in [-0.2, -0.15) is 0 Å². The first-order chi connectivity index (χ1) is 8.78. The molecular weight excluding hydrogens is 236 g/mol. The van der Waals surface area contributed by atoms with Gasteiger partial charge in [0.05, 0.1) is 11.2 Å². The van der Waals surface area contributed by atoms with Crippen molar-refractivity contribution in [3.8, 4) is 0 Å². The summed E-state index contributed by atoms with van der Waals surface area (Å²) in [4.78, 5) is 2.36. The fourth-order valence-corrected chi connectivity index (χ4v) is 3.44. The molecule has 1 heterocycles. The van der Waals surface area contributed by atoms with E-state index in [0.717, 1.165) is 19.6 Å². The molecule has 0 spiro atoms. The summed E-state index contributed by atoms with van der Waals surface area (Å²) in [5, 5.41) is 3.45. The van der Waals surface area contributed by atoms with Crippen molar-refractivity contribution in [2.24, 2.45) is 5.92 Å². The number of hydrogen-bond donors (Lipinski definition) is 1. The number of nitrogens with one attached hydrogen (secondary N) is 1. The zero-order valence-electron chi connectivity index (χ0n) is 13.2. The molecule has 2 unspecified atom stereocenters. The zero-order valence-corrected chi connectivity index (χ0v) is 13.2. The maximum Gasteiger partial charge on any atom is 0.0790 e. The maximum atomic E-state index is 6.27. The van der Waals surface area contributed by atoms with E-state index in [0.29, 0.717) is 12.0 Å². The third-order valence-corrected chi connectivity index (χ3v) is 4.11. The molecule has 19 heavy (non-hydrogen) atoms. The minimum Gasteiger partial charge on any atom is -0.368 e. The molecule has 0 amide bonds. The van der Waals surface area contributed by atoms with Crippen molar-refractivity contribution in [3.05, 3.63) is 25.3 Å². The Bertz CT molecular complexity index is 313. The van der Waals surface area contributed by atoms with Crippen LogP contribution in [0.15, 0.2) is 25.3 Å². The summed E-state index contributed by atoms with van der Waals surface area (Å²) in [5.74, 6) is 0.437. The standard InChI is InChI=1S/C16H30N2O/c1-8-10-18(11-9-2)12-13-14(17-7)16(5,6)19-15(13,3)4/h8-9,13-14,17H,1-2,10-12H2,3-7H3. The highest BCUT2D eigenvalue weighted by atomic mass is 16.5. The second-order valence-corrected chi connectivity index (χ2v) is 6.48. The molecule has 0 saturated carbocycles. The molecule has 1 rings (SSSR count). The third-order valence-electron chi connectivity index (χ3n) is 4.11. The van der Waals surface area contributed by atoms with E-state index in [1.807, 2.05) is 19.2 Å². The van der Waals surface area contributed by atoms with Crippen LogP contribution in [-0.2, 0) is 4.74 Å². The normalized spacial score (nSPS) is 28.5. The molecule has 110 valence electrons. The molecule has 1 saturated heterocycles. The van der Waals surface area contributed by atoms with Gasteiger partial charge >= 0.3 is 0 Å². The second-order valence-electron chi connectivity index (χ2n) is 6.48. The predicted molar refractivity (Wildman–Crippen MR) is 82.4 cm³/mol. The van der Waals surface area contributed by atoms with Gasteiger partial charge in [0.2, 0.25) is 0 Å². The summed E-state index contributed by atoms with van der Waals surface area (Å²) in [6.45, 7) is 19.2. The highest BCUT2D eigenvalue weighted by molar-refractivity contribution is 5.06. The second kappa shape index (κ2) is 6.21. The summed E-state index contributed by atoms with van der Waals surface area (Å²) >= 11 is 0. The molecule has 1 fully saturated rings. The minimum absolute atomic E-state index is 0.127. The Balaban J connectivity index is 2.88. The maximum absolute atomic E-state index is 6.27. The van der Waals surface area contributed by atoms with Gasteiger partial charge in [-0.25, -0.2) is 0 Å². The lowest BCUT2D eigenvalue weighted by atomic mass is 9.82. The molecule has 2 atom stereocenters. The topological polar surface area (TPSA) is 24.5 Å². The van der Waals surface area contributed by atoms with E-state index in [4.69, 9.17) is 4.74 Å². The number of ether oxygens (including phenoxy) is 1. The molecule has 0 aliphatic carbocycles. The first kappa shape index (κ1) is 16.4. The Morgan fingerprint density at radius 1 is 1.11 bits per heavy atom. The van der Waals surface area contributed by atoms with Crippen LogP contribution in [-0.4, -0.2) is 48.8 Å². The lowest BCUT2D eigenvalue weighted by molar-refractivity contribution is -0.0791. The van der Waals surface area contributed by atoms with Crippen molar-refractivity contribution in [2.75, 3.05) is 26.7 Å². The van der Waals surface area contributed by atoms with E-state index in [-0.39, 0.29) is 11.2 Å². The van der Waals surface area contributed by atoms with Crippen LogP contribution in [0, 0.1) is 5.92 Å². The van der Waals surface area contributed by atoms with Crippen LogP contribution in [0.25, 0.3) is 0 Å². The number of likely N-dealkylation sites (N-methyl/N-ethyl adjacent to an activating group) is 1. The molecular formula is C16H30N2O. The van der Waals surface area contributed by atoms with Crippen molar-refractivity contribution >= 4 is 0 Å². The van der Waals surface area contributed by atoms with Gasteiger partial charge in [0.15, 0.2) is 0 Å². The van der Waals surface area contributed by atoms with Crippen molar-refractivity contribution in [1.82, 2.24) is 10.2 Å². The molecule has 0 bridgehead atoms. The van der Waals surface area contributed by atoms with Crippen LogP contribution in [0.4, 0.5) is 0 Å². The van der Waals surface area contributed by atoms with Crippen LogP contribution in [0.5, 0.6) is 0 Å². The van der Waals surface area contributed by atoms with Crippen LogP contribution in [0.1, 0.15) is 27.7 Å². The molecule has 1 aliphatic rings. The highest BCUT2D eigenvalue weighted by Crippen LogP contribution is 2.42. The minimum atomic E-state index is -0.142. The molecule has 1 N–H and O–H groups in total. The largest absolute Gasteiger partial charge is 0.368 e. The molecule has 3 heteroatoms. The van der Waals surface area contributed by atoms with Crippen LogP contribution in [0.3, 0.4) is 0 Å². The fraction of sp³-hybridized carbons (Fsp3) is 0.750. The first-order valence-electron chi connectivity index (χ1n) is 7.10. The Morgan fingerprint density at radius 2 is 1.63 bits per heavy atom. The summed E-state index contributed by atoms with van der Waals surface area (Å²) in [6, 6.07) is 0.347. The Morgan fingerprint density at radius 3 is 2.05 bits per heavy atom. The average molecular weight is 266 g/mol. The van der Waals surface area contributed by atoms with Crippen LogP contribution >= 0.6 is 0 Å². The smallest absolute Gasteiger partial charge is 0.0790 e. The number of rotatable bonds is 7. The quantitative estimate of drug-likeness (QED) is 0.716. The number of nitrogens with zero attached hydrogens (tertiary/aromatic N) is 1. The lowest BCUT2D eigenvalue weighted by Crippen LogP contribution is -2.49. The van der Waals surface area contributed by atoms with Gasteiger partial charge in [0.1, 0.15) is 0 Å². The average Bonchev–Trinajstić information content (AvgIpc) is 2.44. The lowest BCUT2D eigenvalue weighted by Gasteiger charge is -2.33. The molecule has 1 aliphatic heterocycles. The fourth-order valence-electron chi connectivity index (χ4n) is 3.44. The van der Waals surface area contributed by atoms with E-state index in [9.17, 15) is 0 Å². The van der Waals surface area contributed by atoms with Gasteiger partial charge in [-0.05, 0) is 34.7 Å². The first-order valence-corrected chi connectivity index (χ1v) is 7.10. The third kappa shape index (κ3) is 3.68. The van der Waals surface area contributed by atoms with Crippen molar-refractivity contribution in [1.29, 1.82) is 0 Å². The number of hydrogen-bond acceptors (Lipinski definition) is 3. The summed E-state index contributed by atoms with van der Waals surface area (Å²) in [6.07, 6.45) is 3.90. The van der Waals surface area contributed by atoms with Gasteiger partial charge < -0.3 is 10.1 Å². The van der Waals surface area contributed by atoms with Gasteiger partial charge in [-0.3, -0.25) is 4.90 Å². The van der Waals surface area contributed by atoms with E-state index >= 15 is 0 Å². The SMILES string of the molecule is C=CCN(CC=C)CC1C(NC)C(C)(C)OC1(C)C. The zero-order chi connectivity index (χ0) is 14.7. The Hall–Kier alpha value is -0.640. The Labute approximate surface area is 118 Å². The van der Waals surface area contributed by atoms with Crippen LogP contribution in [0.2, 0.25) is 0 Å². The van der Waals surface area contributed by atoms with E-state index in [1.165, 1.54) is 0 Å². The van der Waals surface area contributed by atoms with Crippen molar-refractivity contribution in [2.45, 2.75) is 44.9 Å². The molecule has 0 aromatic carbocycles. The molecule has 0 radical (unpaired) electrons. The Kier molecular flexibility index (Phi) is 5.36. The van der Waals surface area contributed by atoms with E-state index in [2.05, 4.69) is 51.1 Å². The predicted octanol–water partition coefficient (Wildman–Crippen LogP) is 2.45. The molecule has 3 nitrogen and oxygen atoms in total. The summed E-state index contributed by atoms with van der Waals surface area (Å²) < 4.78 is 6.27. The van der Waals surface area contributed by atoms with Crippen molar-refractivity contribution < 1.29 is 4.74 Å². The molecule has 0 aromatic rings. The van der Waals surface area contributed by atoms with Gasteiger partial charge in [0.25, 0.3) is 0 Å². The summed E-state index contributed by atoms with van der Waals surface area (Å²) in [7, 11) is 2.02. The summed E-state index contributed by atoms with van der Waals surface area (Å²) in [5.41, 5.74) is -0.269. The monoisotopic (exact) mass is 266 g/mol. The van der Waals surface area contributed by atoms with Crippen molar-refractivity contribution in [3.63, 3.8) is 0 Å². The van der Waals surface area contributed by atoms with Gasteiger partial charge in [-0.15, -0.1) is 13.2 Å². The van der Waals surface area contributed by atoms with Gasteiger partial charge in [-0.1, -0.05) is 12.2 Å². The molecule has 0 aromatic heterocycles. The van der Waals surface area contributed by atoms with Crippen LogP contribution < -0.4 is 5.32 Å². The van der Waals surface area contributed by atoms with E-state index < -0.39 is 0 Å². The highest BCUT2D eigenvalue weighted by Gasteiger charge is 2.53. The van der Waals surface area contributed by atoms with E-state index in [1.54, 1.807) is 0 Å².